The fourth-order valence-electron chi connectivity index (χ4n) is 2.75. The Labute approximate surface area is 156 Å². The molecule has 7 heteroatoms. The molecule has 0 spiro atoms. The van der Waals surface area contributed by atoms with Crippen LogP contribution in [-0.4, -0.2) is 31.3 Å². The van der Waals surface area contributed by atoms with Gasteiger partial charge < -0.3 is 14.8 Å². The Balaban J connectivity index is 1.65. The van der Waals surface area contributed by atoms with E-state index in [1.165, 1.54) is 0 Å². The molecule has 1 saturated heterocycles. The second-order valence-electron chi connectivity index (χ2n) is 6.01. The molecule has 1 heterocycles. The molecule has 1 atom stereocenters. The summed E-state index contributed by atoms with van der Waals surface area (Å²) in [5.74, 6) is -0.169. The molecule has 0 radical (unpaired) electrons. The number of nitrogens with one attached hydrogen (secondary N) is 2. The topological polar surface area (TPSA) is 100 Å². The Morgan fingerprint density at radius 1 is 1.19 bits per heavy atom. The third kappa shape index (κ3) is 4.84. The molecular weight excluding hydrogens is 346 g/mol. The zero-order valence-electron chi connectivity index (χ0n) is 14.6. The smallest absolute Gasteiger partial charge is 0.326 e. The number of amides is 3. The van der Waals surface area contributed by atoms with E-state index in [1.807, 2.05) is 6.07 Å². The number of nitrogens with zero attached hydrogens (tertiary/aromatic N) is 1. The normalized spacial score (nSPS) is 15.6. The van der Waals surface area contributed by atoms with Gasteiger partial charge in [-0.1, -0.05) is 24.3 Å². The standard InChI is InChI=1S/C20H19N3O4/c21-12-16-17(9-4-10-18(16)27-13-15-8-5-11-26-15)22-20(25)23-19(24)14-6-2-1-3-7-14/h1-4,6-7,9-10,15H,5,8,11,13H2,(H2,22,23,24,25). The first-order chi connectivity index (χ1) is 13.2. The molecule has 2 aromatic carbocycles. The number of ether oxygens (including phenoxy) is 2. The van der Waals surface area contributed by atoms with E-state index in [1.54, 1.807) is 48.5 Å². The van der Waals surface area contributed by atoms with Gasteiger partial charge in [-0.2, -0.15) is 5.26 Å². The van der Waals surface area contributed by atoms with Crippen LogP contribution in [0, 0.1) is 11.3 Å². The van der Waals surface area contributed by atoms with E-state index in [9.17, 15) is 14.9 Å². The minimum absolute atomic E-state index is 0.0138. The summed E-state index contributed by atoms with van der Waals surface area (Å²) in [6.45, 7) is 1.06. The molecule has 0 aliphatic carbocycles. The lowest BCUT2D eigenvalue weighted by molar-refractivity contribution is 0.0679. The summed E-state index contributed by atoms with van der Waals surface area (Å²) in [7, 11) is 0. The number of carbonyl (C=O) groups excluding carboxylic acids is 2. The summed E-state index contributed by atoms with van der Waals surface area (Å²) in [4.78, 5) is 24.2. The average Bonchev–Trinajstić information content (AvgIpc) is 3.20. The van der Waals surface area contributed by atoms with Crippen LogP contribution in [0.2, 0.25) is 0 Å². The van der Waals surface area contributed by atoms with Gasteiger partial charge in [0.2, 0.25) is 0 Å². The highest BCUT2D eigenvalue weighted by Crippen LogP contribution is 2.26. The summed E-state index contributed by atoms with van der Waals surface area (Å²) in [5.41, 5.74) is 0.820. The van der Waals surface area contributed by atoms with Crippen molar-refractivity contribution in [3.05, 3.63) is 59.7 Å². The van der Waals surface area contributed by atoms with Crippen molar-refractivity contribution in [1.29, 1.82) is 5.26 Å². The predicted molar refractivity (Wildman–Crippen MR) is 98.6 cm³/mol. The second-order valence-corrected chi connectivity index (χ2v) is 6.01. The molecule has 138 valence electrons. The first kappa shape index (κ1) is 18.4. The highest BCUT2D eigenvalue weighted by Gasteiger charge is 2.18. The quantitative estimate of drug-likeness (QED) is 0.848. The first-order valence-corrected chi connectivity index (χ1v) is 8.62. The molecule has 1 fully saturated rings. The van der Waals surface area contributed by atoms with Gasteiger partial charge in [-0.05, 0) is 37.1 Å². The third-order valence-electron chi connectivity index (χ3n) is 4.10. The van der Waals surface area contributed by atoms with Gasteiger partial charge in [0.25, 0.3) is 5.91 Å². The van der Waals surface area contributed by atoms with Crippen LogP contribution >= 0.6 is 0 Å². The average molecular weight is 365 g/mol. The minimum atomic E-state index is -0.725. The lowest BCUT2D eigenvalue weighted by atomic mass is 10.1. The van der Waals surface area contributed by atoms with Crippen LogP contribution < -0.4 is 15.4 Å². The largest absolute Gasteiger partial charge is 0.489 e. The minimum Gasteiger partial charge on any atom is -0.489 e. The molecule has 1 aliphatic rings. The Morgan fingerprint density at radius 2 is 2.00 bits per heavy atom. The lowest BCUT2D eigenvalue weighted by Crippen LogP contribution is -2.34. The number of nitriles is 1. The number of hydrogen-bond donors (Lipinski definition) is 2. The SMILES string of the molecule is N#Cc1c(NC(=O)NC(=O)c2ccccc2)cccc1OCC1CCCO1. The van der Waals surface area contributed by atoms with Crippen LogP contribution in [0.1, 0.15) is 28.8 Å². The van der Waals surface area contributed by atoms with E-state index < -0.39 is 11.9 Å². The van der Waals surface area contributed by atoms with Gasteiger partial charge in [-0.15, -0.1) is 0 Å². The number of benzene rings is 2. The van der Waals surface area contributed by atoms with Crippen LogP contribution in [0.15, 0.2) is 48.5 Å². The maximum absolute atomic E-state index is 12.1. The molecule has 0 saturated carbocycles. The molecule has 1 unspecified atom stereocenters. The number of hydrogen-bond acceptors (Lipinski definition) is 5. The summed E-state index contributed by atoms with van der Waals surface area (Å²) >= 11 is 0. The van der Waals surface area contributed by atoms with E-state index >= 15 is 0 Å². The van der Waals surface area contributed by atoms with Crippen LogP contribution in [0.5, 0.6) is 5.75 Å². The summed E-state index contributed by atoms with van der Waals surface area (Å²) < 4.78 is 11.2. The van der Waals surface area contributed by atoms with Crippen LogP contribution in [-0.2, 0) is 4.74 Å². The second kappa shape index (κ2) is 8.83. The van der Waals surface area contributed by atoms with Gasteiger partial charge in [0.05, 0.1) is 11.8 Å². The zero-order chi connectivity index (χ0) is 19.1. The molecule has 3 rings (SSSR count). The van der Waals surface area contributed by atoms with Gasteiger partial charge >= 0.3 is 6.03 Å². The van der Waals surface area contributed by atoms with Crippen molar-refractivity contribution in [2.24, 2.45) is 0 Å². The monoisotopic (exact) mass is 365 g/mol. The van der Waals surface area contributed by atoms with E-state index in [0.29, 0.717) is 17.9 Å². The van der Waals surface area contributed by atoms with Gasteiger partial charge in [-0.25, -0.2) is 4.79 Å². The summed E-state index contributed by atoms with van der Waals surface area (Å²) in [5, 5.41) is 14.2. The summed E-state index contributed by atoms with van der Waals surface area (Å²) in [6.07, 6.45) is 1.93. The van der Waals surface area contributed by atoms with Crippen molar-refractivity contribution in [3.8, 4) is 11.8 Å². The van der Waals surface area contributed by atoms with Crippen molar-refractivity contribution in [3.63, 3.8) is 0 Å². The number of imide groups is 1. The van der Waals surface area contributed by atoms with E-state index in [0.717, 1.165) is 19.4 Å². The molecule has 0 bridgehead atoms. The third-order valence-corrected chi connectivity index (χ3v) is 4.10. The molecule has 1 aliphatic heterocycles. The Kier molecular flexibility index (Phi) is 6.02. The predicted octanol–water partition coefficient (Wildman–Crippen LogP) is 3.08. The van der Waals surface area contributed by atoms with E-state index in [2.05, 4.69) is 10.6 Å². The highest BCUT2D eigenvalue weighted by molar-refractivity contribution is 6.08. The Hall–Kier alpha value is -3.37. The molecule has 2 aromatic rings. The van der Waals surface area contributed by atoms with E-state index in [4.69, 9.17) is 9.47 Å². The van der Waals surface area contributed by atoms with Crippen molar-refractivity contribution >= 4 is 17.6 Å². The molecule has 7 nitrogen and oxygen atoms in total. The lowest BCUT2D eigenvalue weighted by Gasteiger charge is -2.14. The number of urea groups is 1. The van der Waals surface area contributed by atoms with Crippen molar-refractivity contribution in [1.82, 2.24) is 5.32 Å². The van der Waals surface area contributed by atoms with Crippen LogP contribution in [0.4, 0.5) is 10.5 Å². The zero-order valence-corrected chi connectivity index (χ0v) is 14.6. The molecule has 3 amide bonds. The maximum atomic E-state index is 12.1. The van der Waals surface area contributed by atoms with Gasteiger partial charge in [0, 0.05) is 12.2 Å². The summed E-state index contributed by atoms with van der Waals surface area (Å²) in [6, 6.07) is 14.6. The van der Waals surface area contributed by atoms with Crippen molar-refractivity contribution < 1.29 is 19.1 Å². The van der Waals surface area contributed by atoms with Gasteiger partial charge in [-0.3, -0.25) is 10.1 Å². The maximum Gasteiger partial charge on any atom is 0.326 e. The van der Waals surface area contributed by atoms with Crippen LogP contribution in [0.3, 0.4) is 0 Å². The Bertz CT molecular complexity index is 855. The van der Waals surface area contributed by atoms with Crippen molar-refractivity contribution in [2.45, 2.75) is 18.9 Å². The first-order valence-electron chi connectivity index (χ1n) is 8.62. The number of anilines is 1. The van der Waals surface area contributed by atoms with Gasteiger partial charge in [0.15, 0.2) is 0 Å². The number of carbonyl (C=O) groups is 2. The van der Waals surface area contributed by atoms with Crippen molar-refractivity contribution in [2.75, 3.05) is 18.5 Å². The fourth-order valence-corrected chi connectivity index (χ4v) is 2.75. The molecular formula is C20H19N3O4. The van der Waals surface area contributed by atoms with Crippen LogP contribution in [0.25, 0.3) is 0 Å². The van der Waals surface area contributed by atoms with Gasteiger partial charge in [0.1, 0.15) is 24.0 Å². The van der Waals surface area contributed by atoms with E-state index in [-0.39, 0.29) is 17.4 Å². The molecule has 0 aromatic heterocycles. The number of rotatable bonds is 5. The Morgan fingerprint density at radius 3 is 2.70 bits per heavy atom. The highest BCUT2D eigenvalue weighted by atomic mass is 16.5. The molecule has 27 heavy (non-hydrogen) atoms. The molecule has 2 N–H and O–H groups in total. The fraction of sp³-hybridized carbons (Fsp3) is 0.250.